The molecule has 0 spiro atoms. The van der Waals surface area contributed by atoms with Crippen LogP contribution in [0, 0.1) is 17.2 Å². The van der Waals surface area contributed by atoms with Crippen molar-refractivity contribution >= 4 is 11.8 Å². The van der Waals surface area contributed by atoms with Crippen molar-refractivity contribution in [2.45, 2.75) is 51.5 Å². The Labute approximate surface area is 166 Å². The van der Waals surface area contributed by atoms with Gasteiger partial charge in [0.25, 0.3) is 0 Å². The second kappa shape index (κ2) is 9.03. The summed E-state index contributed by atoms with van der Waals surface area (Å²) >= 11 is 0. The predicted molar refractivity (Wildman–Crippen MR) is 105 cm³/mol. The molecule has 1 aromatic rings. The number of methoxy groups -OCH3 is 1. The zero-order valence-corrected chi connectivity index (χ0v) is 16.9. The quantitative estimate of drug-likeness (QED) is 0.779. The zero-order chi connectivity index (χ0) is 20.1. The van der Waals surface area contributed by atoms with Gasteiger partial charge in [-0.05, 0) is 50.2 Å². The van der Waals surface area contributed by atoms with Crippen LogP contribution in [0.3, 0.4) is 0 Å². The molecule has 28 heavy (non-hydrogen) atoms. The molecule has 3 rings (SSSR count). The molecule has 1 N–H and O–H groups in total. The summed E-state index contributed by atoms with van der Waals surface area (Å²) in [5.74, 6) is 0.0871. The number of carbonyl (C=O) groups excluding carboxylic acids is 2. The van der Waals surface area contributed by atoms with Crippen LogP contribution >= 0.6 is 0 Å². The van der Waals surface area contributed by atoms with Gasteiger partial charge < -0.3 is 15.0 Å². The van der Waals surface area contributed by atoms with Crippen LogP contribution < -0.4 is 5.32 Å². The van der Waals surface area contributed by atoms with Gasteiger partial charge in [-0.15, -0.1) is 0 Å². The highest BCUT2D eigenvalue weighted by Crippen LogP contribution is 2.41. The Balaban J connectivity index is 1.47. The topological polar surface area (TPSA) is 58.6 Å². The Bertz CT molecular complexity index is 697. The molecule has 1 aromatic carbocycles. The molecule has 2 amide bonds. The minimum absolute atomic E-state index is 0.0336. The van der Waals surface area contributed by atoms with Crippen molar-refractivity contribution in [1.82, 2.24) is 10.2 Å². The molecule has 1 heterocycles. The summed E-state index contributed by atoms with van der Waals surface area (Å²) < 4.78 is 19.0. The summed E-state index contributed by atoms with van der Waals surface area (Å²) in [5, 5.41) is 3.20. The van der Waals surface area contributed by atoms with E-state index in [0.29, 0.717) is 31.2 Å². The Hall–Kier alpha value is -1.95. The summed E-state index contributed by atoms with van der Waals surface area (Å²) in [5.41, 5.74) is 0.0959. The van der Waals surface area contributed by atoms with Gasteiger partial charge >= 0.3 is 0 Å². The van der Waals surface area contributed by atoms with Crippen LogP contribution in [0.5, 0.6) is 0 Å². The standard InChI is InChI=1S/C22H31FN2O3/c1-16(24-21(27)22(15-28-2)10-5-11-22)17-8-12-25(13-9-17)20(26)14-18-6-3-4-7-19(18)23/h3-4,6-7,16-17H,5,8-15H2,1-2H3,(H,24,27)/t16-/m1/s1. The van der Waals surface area contributed by atoms with Crippen LogP contribution in [0.25, 0.3) is 0 Å². The van der Waals surface area contributed by atoms with Crippen molar-refractivity contribution < 1.29 is 18.7 Å². The van der Waals surface area contributed by atoms with E-state index in [-0.39, 0.29) is 35.5 Å². The third-order valence-electron chi connectivity index (χ3n) is 6.47. The van der Waals surface area contributed by atoms with Gasteiger partial charge in [-0.2, -0.15) is 0 Å². The molecule has 0 bridgehead atoms. The highest BCUT2D eigenvalue weighted by Gasteiger charge is 2.45. The van der Waals surface area contributed by atoms with Gasteiger partial charge in [0.1, 0.15) is 5.82 Å². The molecule has 154 valence electrons. The average Bonchev–Trinajstić information content (AvgIpc) is 2.66. The van der Waals surface area contributed by atoms with Crippen molar-refractivity contribution in [3.8, 4) is 0 Å². The number of hydrogen-bond acceptors (Lipinski definition) is 3. The smallest absolute Gasteiger partial charge is 0.228 e. The first-order chi connectivity index (χ1) is 13.4. The van der Waals surface area contributed by atoms with E-state index in [9.17, 15) is 14.0 Å². The van der Waals surface area contributed by atoms with Gasteiger partial charge in [0, 0.05) is 26.2 Å². The predicted octanol–water partition coefficient (Wildman–Crippen LogP) is 2.93. The lowest BCUT2D eigenvalue weighted by Gasteiger charge is -2.42. The first-order valence-corrected chi connectivity index (χ1v) is 10.3. The number of piperidine rings is 1. The van der Waals surface area contributed by atoms with Crippen molar-refractivity contribution in [2.24, 2.45) is 11.3 Å². The zero-order valence-electron chi connectivity index (χ0n) is 16.9. The Kier molecular flexibility index (Phi) is 6.70. The van der Waals surface area contributed by atoms with Gasteiger partial charge in [-0.3, -0.25) is 9.59 Å². The number of ether oxygens (including phenoxy) is 1. The Morgan fingerprint density at radius 1 is 1.29 bits per heavy atom. The maximum atomic E-state index is 13.8. The van der Waals surface area contributed by atoms with Gasteiger partial charge in [0.2, 0.25) is 11.8 Å². The van der Waals surface area contributed by atoms with Crippen molar-refractivity contribution in [3.63, 3.8) is 0 Å². The number of nitrogens with one attached hydrogen (secondary N) is 1. The Morgan fingerprint density at radius 2 is 1.96 bits per heavy atom. The fraction of sp³-hybridized carbons (Fsp3) is 0.636. The number of nitrogens with zero attached hydrogens (tertiary/aromatic N) is 1. The van der Waals surface area contributed by atoms with Gasteiger partial charge in [-0.25, -0.2) is 4.39 Å². The lowest BCUT2D eigenvalue weighted by Crippen LogP contribution is -2.53. The molecule has 1 aliphatic carbocycles. The molecule has 6 heteroatoms. The summed E-state index contributed by atoms with van der Waals surface area (Å²) in [6.07, 6.45) is 4.66. The summed E-state index contributed by atoms with van der Waals surface area (Å²) in [7, 11) is 1.64. The normalized spacial score (nSPS) is 20.3. The molecule has 1 atom stereocenters. The van der Waals surface area contributed by atoms with E-state index in [1.54, 1.807) is 25.3 Å². The number of hydrogen-bond donors (Lipinski definition) is 1. The molecule has 2 fully saturated rings. The number of halogens is 1. The SMILES string of the molecule is COCC1(C(=O)N[C@H](C)C2CCN(C(=O)Cc3ccccc3F)CC2)CCC1. The number of carbonyl (C=O) groups is 2. The summed E-state index contributed by atoms with van der Waals surface area (Å²) in [6.45, 7) is 3.84. The van der Waals surface area contributed by atoms with E-state index >= 15 is 0 Å². The molecule has 0 unspecified atom stereocenters. The Morgan fingerprint density at radius 3 is 2.54 bits per heavy atom. The van der Waals surface area contributed by atoms with E-state index in [1.165, 1.54) is 6.07 Å². The van der Waals surface area contributed by atoms with Gasteiger partial charge in [0.15, 0.2) is 0 Å². The minimum Gasteiger partial charge on any atom is -0.384 e. The fourth-order valence-electron chi connectivity index (χ4n) is 4.36. The molecule has 0 radical (unpaired) electrons. The molecule has 0 aromatic heterocycles. The van der Waals surface area contributed by atoms with Crippen LogP contribution in [0.4, 0.5) is 4.39 Å². The lowest BCUT2D eigenvalue weighted by molar-refractivity contribution is -0.142. The van der Waals surface area contributed by atoms with Crippen LogP contribution in [-0.4, -0.2) is 49.6 Å². The van der Waals surface area contributed by atoms with Crippen LogP contribution in [0.15, 0.2) is 24.3 Å². The number of benzene rings is 1. The first-order valence-electron chi connectivity index (χ1n) is 10.3. The summed E-state index contributed by atoms with van der Waals surface area (Å²) in [6, 6.07) is 6.50. The van der Waals surface area contributed by atoms with Crippen LogP contribution in [-0.2, 0) is 20.7 Å². The highest BCUT2D eigenvalue weighted by molar-refractivity contribution is 5.84. The van der Waals surface area contributed by atoms with E-state index in [4.69, 9.17) is 4.74 Å². The van der Waals surface area contributed by atoms with E-state index in [1.807, 2.05) is 4.90 Å². The average molecular weight is 390 g/mol. The molecule has 5 nitrogen and oxygen atoms in total. The summed E-state index contributed by atoms with van der Waals surface area (Å²) in [4.78, 5) is 27.0. The number of likely N-dealkylation sites (tertiary alicyclic amines) is 1. The van der Waals surface area contributed by atoms with Crippen molar-refractivity contribution in [2.75, 3.05) is 26.8 Å². The largest absolute Gasteiger partial charge is 0.384 e. The highest BCUT2D eigenvalue weighted by atomic mass is 19.1. The third kappa shape index (κ3) is 4.54. The molecule has 1 saturated heterocycles. The minimum atomic E-state index is -0.348. The maximum Gasteiger partial charge on any atom is 0.228 e. The van der Waals surface area contributed by atoms with Crippen molar-refractivity contribution in [1.29, 1.82) is 0 Å². The fourth-order valence-corrected chi connectivity index (χ4v) is 4.36. The van der Waals surface area contributed by atoms with E-state index in [2.05, 4.69) is 12.2 Å². The molecule has 1 saturated carbocycles. The molecule has 2 aliphatic rings. The third-order valence-corrected chi connectivity index (χ3v) is 6.47. The van der Waals surface area contributed by atoms with E-state index < -0.39 is 0 Å². The monoisotopic (exact) mass is 390 g/mol. The van der Waals surface area contributed by atoms with Crippen LogP contribution in [0.1, 0.15) is 44.6 Å². The maximum absolute atomic E-state index is 13.8. The molecular formula is C22H31FN2O3. The number of amides is 2. The van der Waals surface area contributed by atoms with Crippen LogP contribution in [0.2, 0.25) is 0 Å². The molecule has 1 aliphatic heterocycles. The molecular weight excluding hydrogens is 359 g/mol. The second-order valence-electron chi connectivity index (χ2n) is 8.32. The van der Waals surface area contributed by atoms with E-state index in [0.717, 1.165) is 32.1 Å². The second-order valence-corrected chi connectivity index (χ2v) is 8.32. The lowest BCUT2D eigenvalue weighted by atomic mass is 9.68. The van der Waals surface area contributed by atoms with Crippen molar-refractivity contribution in [3.05, 3.63) is 35.6 Å². The van der Waals surface area contributed by atoms with Gasteiger partial charge in [-0.1, -0.05) is 24.6 Å². The first kappa shape index (κ1) is 20.8. The van der Waals surface area contributed by atoms with Gasteiger partial charge in [0.05, 0.1) is 18.4 Å². The number of rotatable bonds is 7.